The average molecular weight is 594 g/mol. The third-order valence-electron chi connectivity index (χ3n) is 8.59. The Hall–Kier alpha value is -5.27. The third kappa shape index (κ3) is 5.36. The molecule has 224 valence electrons. The first kappa shape index (κ1) is 29.8. The van der Waals surface area contributed by atoms with Gasteiger partial charge in [0.15, 0.2) is 0 Å². The molecule has 1 heterocycles. The molecule has 0 saturated carbocycles. The highest BCUT2D eigenvalue weighted by atomic mass is 16.4. The van der Waals surface area contributed by atoms with Crippen molar-refractivity contribution in [2.75, 3.05) is 0 Å². The normalized spacial score (nSPS) is 14.5. The molecule has 0 fully saturated rings. The van der Waals surface area contributed by atoms with E-state index in [1.807, 2.05) is 92.7 Å². The van der Waals surface area contributed by atoms with Crippen LogP contribution in [0.15, 0.2) is 160 Å². The van der Waals surface area contributed by atoms with Gasteiger partial charge >= 0.3 is 5.97 Å². The van der Waals surface area contributed by atoms with Gasteiger partial charge in [0.2, 0.25) is 5.66 Å². The lowest BCUT2D eigenvalue weighted by Gasteiger charge is -2.45. The second kappa shape index (κ2) is 12.8. The van der Waals surface area contributed by atoms with Crippen molar-refractivity contribution in [1.82, 2.24) is 5.32 Å². The largest absolute Gasteiger partial charge is 0.480 e. The van der Waals surface area contributed by atoms with Crippen LogP contribution in [0.3, 0.4) is 0 Å². The molecular weight excluding hydrogens is 558 g/mol. The maximum Gasteiger partial charge on any atom is 0.320 e. The van der Waals surface area contributed by atoms with Gasteiger partial charge in [-0.05, 0) is 49.7 Å². The molecule has 1 aliphatic heterocycles. The molecule has 1 atom stereocenters. The van der Waals surface area contributed by atoms with Crippen molar-refractivity contribution < 1.29 is 9.90 Å². The monoisotopic (exact) mass is 593 g/mol. The summed E-state index contributed by atoms with van der Waals surface area (Å²) in [5.74, 6) is -0.877. The zero-order chi connectivity index (χ0) is 31.3. The first-order valence-corrected chi connectivity index (χ1v) is 15.1. The van der Waals surface area contributed by atoms with Crippen LogP contribution in [0.1, 0.15) is 41.7 Å². The van der Waals surface area contributed by atoms with Gasteiger partial charge in [-0.25, -0.2) is 0 Å². The fraction of sp³-hybridized carbons (Fsp3) is 0.184. The number of carbonyl (C=O) groups is 1. The van der Waals surface area contributed by atoms with Crippen molar-refractivity contribution in [2.45, 2.75) is 37.5 Å². The van der Waals surface area contributed by atoms with Gasteiger partial charge in [-0.3, -0.25) is 4.79 Å². The maximum absolute atomic E-state index is 11.7. The van der Waals surface area contributed by atoms with Crippen LogP contribution in [-0.4, -0.2) is 17.1 Å². The lowest BCUT2D eigenvalue weighted by molar-refractivity contribution is -0.140. The Bertz CT molecular complexity index is 1700. The Labute approximate surface area is 263 Å². The van der Waals surface area contributed by atoms with Gasteiger partial charge in [0.25, 0.3) is 0 Å². The molecule has 0 radical (unpaired) electrons. The minimum Gasteiger partial charge on any atom is -0.480 e. The molecule has 45 heavy (non-hydrogen) atoms. The fourth-order valence-electron chi connectivity index (χ4n) is 6.49. The zero-order valence-electron chi connectivity index (χ0n) is 25.3. The second-order valence-corrected chi connectivity index (χ2v) is 11.6. The minimum absolute atomic E-state index is 0.0290. The van der Waals surface area contributed by atoms with Crippen LogP contribution in [0.4, 0.5) is 0 Å². The quantitative estimate of drug-likeness (QED) is 0.150. The summed E-state index contributed by atoms with van der Waals surface area (Å²) in [5.41, 5.74) is 4.61. The molecule has 0 unspecified atom stereocenters. The summed E-state index contributed by atoms with van der Waals surface area (Å²) in [4.78, 5) is 11.7. The molecule has 0 aromatic heterocycles. The Morgan fingerprint density at radius 3 is 1.62 bits per heavy atom. The van der Waals surface area contributed by atoms with Gasteiger partial charge < -0.3 is 10.4 Å². The molecule has 0 amide bonds. The van der Waals surface area contributed by atoms with Crippen molar-refractivity contribution in [2.24, 2.45) is 26.6 Å². The smallest absolute Gasteiger partial charge is 0.320 e. The van der Waals surface area contributed by atoms with Crippen molar-refractivity contribution in [3.63, 3.8) is 0 Å². The first-order valence-electron chi connectivity index (χ1n) is 15.1. The summed E-state index contributed by atoms with van der Waals surface area (Å²) < 4.78 is 0. The van der Waals surface area contributed by atoms with E-state index in [4.69, 9.17) is 10.2 Å². The Morgan fingerprint density at radius 2 is 1.16 bits per heavy atom. The molecule has 1 aliphatic rings. The minimum atomic E-state index is -1.28. The van der Waals surface area contributed by atoms with Crippen LogP contribution < -0.4 is 5.32 Å². The summed E-state index contributed by atoms with van der Waals surface area (Å²) in [6.45, 7) is 4.25. The van der Waals surface area contributed by atoms with E-state index in [2.05, 4.69) is 76.4 Å². The van der Waals surface area contributed by atoms with Gasteiger partial charge in [-0.2, -0.15) is 0 Å². The molecule has 7 heteroatoms. The number of nitrogens with zero attached hydrogens (tertiary/aromatic N) is 4. The van der Waals surface area contributed by atoms with Crippen LogP contribution in [-0.2, 0) is 22.4 Å². The van der Waals surface area contributed by atoms with Gasteiger partial charge in [-0.1, -0.05) is 153 Å². The number of carboxylic acids is 1. The summed E-state index contributed by atoms with van der Waals surface area (Å²) >= 11 is 0. The predicted octanol–water partition coefficient (Wildman–Crippen LogP) is 8.57. The van der Waals surface area contributed by atoms with Crippen molar-refractivity contribution in [3.8, 4) is 11.1 Å². The van der Waals surface area contributed by atoms with Crippen molar-refractivity contribution in [1.29, 1.82) is 0 Å². The van der Waals surface area contributed by atoms with Crippen molar-refractivity contribution in [3.05, 3.63) is 167 Å². The number of rotatable bonds is 11. The van der Waals surface area contributed by atoms with Gasteiger partial charge in [0, 0.05) is 12.1 Å². The highest BCUT2D eigenvalue weighted by Gasteiger charge is 2.60. The average Bonchev–Trinajstić information content (AvgIpc) is 3.58. The Kier molecular flexibility index (Phi) is 8.45. The lowest BCUT2D eigenvalue weighted by Crippen LogP contribution is -2.48. The standard InChI is InChI=1S/C38H35N5O2/c1-27(2)35(36(44)45)39-26-28-22-24-29(25-23-28)33-20-12-13-21-34(33)38(40-42-43-41-38)37(30-14-6-3-7-15-30,31-16-8-4-9-17-31)32-18-10-5-11-19-32/h3-25,27,35,39H,26H2,1-2H3,(H,44,45)/t35-/m0/s1. The van der Waals surface area contributed by atoms with Crippen LogP contribution >= 0.6 is 0 Å². The lowest BCUT2D eigenvalue weighted by atomic mass is 9.59. The number of hydrogen-bond donors (Lipinski definition) is 2. The molecule has 0 saturated heterocycles. The highest BCUT2D eigenvalue weighted by Crippen LogP contribution is 2.58. The molecular formula is C38H35N5O2. The highest BCUT2D eigenvalue weighted by molar-refractivity contribution is 5.74. The van der Waals surface area contributed by atoms with Gasteiger partial charge in [-0.15, -0.1) is 10.2 Å². The topological polar surface area (TPSA) is 98.8 Å². The summed E-state index contributed by atoms with van der Waals surface area (Å²) in [5, 5.41) is 31.1. The fourth-order valence-corrected chi connectivity index (χ4v) is 6.49. The Morgan fingerprint density at radius 1 is 0.689 bits per heavy atom. The maximum atomic E-state index is 11.7. The number of nitrogens with one attached hydrogen (secondary N) is 1. The van der Waals surface area contributed by atoms with Crippen LogP contribution in [0.25, 0.3) is 11.1 Å². The van der Waals surface area contributed by atoms with E-state index in [1.54, 1.807) is 0 Å². The molecule has 0 bridgehead atoms. The van der Waals surface area contributed by atoms with Crippen LogP contribution in [0.5, 0.6) is 0 Å². The van der Waals surface area contributed by atoms with E-state index in [1.165, 1.54) is 0 Å². The summed E-state index contributed by atoms with van der Waals surface area (Å²) in [6.07, 6.45) is 0. The van der Waals surface area contributed by atoms with Gasteiger partial charge in [0.05, 0.1) is 5.41 Å². The molecule has 5 aromatic carbocycles. The number of benzene rings is 5. The molecule has 0 aliphatic carbocycles. The Balaban J connectivity index is 1.54. The van der Waals surface area contributed by atoms with Crippen molar-refractivity contribution >= 4 is 5.97 Å². The van der Waals surface area contributed by atoms with Crippen LogP contribution in [0.2, 0.25) is 0 Å². The first-order chi connectivity index (χ1) is 22.0. The molecule has 0 spiro atoms. The zero-order valence-corrected chi connectivity index (χ0v) is 25.3. The van der Waals surface area contributed by atoms with E-state index in [0.29, 0.717) is 6.54 Å². The second-order valence-electron chi connectivity index (χ2n) is 11.6. The predicted molar refractivity (Wildman–Crippen MR) is 176 cm³/mol. The van der Waals surface area contributed by atoms with E-state index in [9.17, 15) is 9.90 Å². The number of hydrogen-bond acceptors (Lipinski definition) is 6. The number of carboxylic acid groups (broad SMARTS) is 1. The van der Waals surface area contributed by atoms with Crippen LogP contribution in [0, 0.1) is 5.92 Å². The molecule has 5 aromatic rings. The van der Waals surface area contributed by atoms with E-state index in [-0.39, 0.29) is 5.92 Å². The summed E-state index contributed by atoms with van der Waals surface area (Å²) in [7, 11) is 0. The molecule has 6 rings (SSSR count). The molecule has 2 N–H and O–H groups in total. The van der Waals surface area contributed by atoms with E-state index in [0.717, 1.165) is 38.9 Å². The van der Waals surface area contributed by atoms with E-state index < -0.39 is 23.1 Å². The van der Waals surface area contributed by atoms with E-state index >= 15 is 0 Å². The van der Waals surface area contributed by atoms with Gasteiger partial charge in [0.1, 0.15) is 6.04 Å². The SMILES string of the molecule is CC(C)[C@H](NCc1ccc(-c2ccccc2C2(C(c3ccccc3)(c3ccccc3)c3ccccc3)N=NN=N2)cc1)C(=O)O. The third-order valence-corrected chi connectivity index (χ3v) is 8.59. The number of aliphatic carboxylic acids is 1. The molecule has 7 nitrogen and oxygen atoms in total. The summed E-state index contributed by atoms with van der Waals surface area (Å²) in [6, 6.07) is 46.8.